The van der Waals surface area contributed by atoms with Gasteiger partial charge in [0.25, 0.3) is 0 Å². The fourth-order valence-corrected chi connectivity index (χ4v) is 2.44. The third-order valence-electron chi connectivity index (χ3n) is 3.40. The van der Waals surface area contributed by atoms with Gasteiger partial charge in [-0.05, 0) is 25.7 Å². The van der Waals surface area contributed by atoms with Crippen molar-refractivity contribution < 1.29 is 14.6 Å². The van der Waals surface area contributed by atoms with Crippen molar-refractivity contribution in [3.63, 3.8) is 0 Å². The number of hydrogen-bond acceptors (Lipinski definition) is 6. The zero-order chi connectivity index (χ0) is 13.7. The van der Waals surface area contributed by atoms with Crippen molar-refractivity contribution in [1.82, 2.24) is 9.97 Å². The second-order valence-electron chi connectivity index (χ2n) is 4.61. The van der Waals surface area contributed by atoms with Gasteiger partial charge in [-0.25, -0.2) is 14.8 Å². The number of carbonyl (C=O) groups excluding carboxylic acids is 1. The molecular weight excluding hydrogens is 246 g/mol. The molecule has 19 heavy (non-hydrogen) atoms. The zero-order valence-electron chi connectivity index (χ0n) is 11.1. The molecule has 1 aromatic heterocycles. The number of aliphatic hydroxyl groups is 1. The highest BCUT2D eigenvalue weighted by atomic mass is 16.5. The molecule has 0 amide bonds. The van der Waals surface area contributed by atoms with Gasteiger partial charge in [0.1, 0.15) is 5.82 Å². The van der Waals surface area contributed by atoms with E-state index in [4.69, 9.17) is 5.11 Å². The van der Waals surface area contributed by atoms with E-state index in [0.29, 0.717) is 6.04 Å². The summed E-state index contributed by atoms with van der Waals surface area (Å²) in [6.07, 6.45) is 7.05. The van der Waals surface area contributed by atoms with Crippen LogP contribution in [0, 0.1) is 0 Å². The summed E-state index contributed by atoms with van der Waals surface area (Å²) < 4.78 is 4.59. The van der Waals surface area contributed by atoms with Crippen molar-refractivity contribution in [2.24, 2.45) is 0 Å². The molecule has 1 fully saturated rings. The van der Waals surface area contributed by atoms with Gasteiger partial charge in [0.15, 0.2) is 5.69 Å². The highest BCUT2D eigenvalue weighted by molar-refractivity contribution is 5.86. The van der Waals surface area contributed by atoms with E-state index in [-0.39, 0.29) is 12.3 Å². The molecule has 1 atom stereocenters. The van der Waals surface area contributed by atoms with E-state index in [1.54, 1.807) is 6.20 Å². The van der Waals surface area contributed by atoms with Crippen molar-refractivity contribution >= 4 is 11.8 Å². The maximum atomic E-state index is 11.3. The molecule has 1 unspecified atom stereocenters. The van der Waals surface area contributed by atoms with E-state index in [1.165, 1.54) is 13.3 Å². The van der Waals surface area contributed by atoms with Crippen molar-refractivity contribution in [2.45, 2.75) is 31.7 Å². The Labute approximate surface area is 112 Å². The number of methoxy groups -OCH3 is 1. The predicted octanol–water partition coefficient (Wildman–Crippen LogP) is 1.00. The Morgan fingerprint density at radius 3 is 3.00 bits per heavy atom. The summed E-state index contributed by atoms with van der Waals surface area (Å²) in [5, 5.41) is 8.91. The smallest absolute Gasteiger partial charge is 0.358 e. The lowest BCUT2D eigenvalue weighted by atomic mass is 10.1. The van der Waals surface area contributed by atoms with Crippen LogP contribution in [-0.2, 0) is 4.74 Å². The third-order valence-corrected chi connectivity index (χ3v) is 3.40. The minimum absolute atomic E-state index is 0.220. The highest BCUT2D eigenvalue weighted by Gasteiger charge is 2.25. The first-order chi connectivity index (χ1) is 9.26. The molecule has 6 nitrogen and oxygen atoms in total. The van der Waals surface area contributed by atoms with Crippen LogP contribution in [0.5, 0.6) is 0 Å². The first-order valence-corrected chi connectivity index (χ1v) is 6.54. The first-order valence-electron chi connectivity index (χ1n) is 6.54. The second-order valence-corrected chi connectivity index (χ2v) is 4.61. The number of aliphatic hydroxyl groups excluding tert-OH is 1. The molecule has 2 heterocycles. The van der Waals surface area contributed by atoms with Crippen LogP contribution in [0.15, 0.2) is 12.4 Å². The summed E-state index contributed by atoms with van der Waals surface area (Å²) in [5.41, 5.74) is 0.220. The van der Waals surface area contributed by atoms with Crippen LogP contribution < -0.4 is 4.90 Å². The lowest BCUT2D eigenvalue weighted by Crippen LogP contribution is -2.30. The zero-order valence-corrected chi connectivity index (χ0v) is 11.1. The SMILES string of the molecule is COC(=O)c1cnc(N2CCCC2CCCO)cn1. The number of rotatable bonds is 5. The fourth-order valence-electron chi connectivity index (χ4n) is 2.44. The van der Waals surface area contributed by atoms with E-state index in [2.05, 4.69) is 19.6 Å². The number of hydrogen-bond donors (Lipinski definition) is 1. The van der Waals surface area contributed by atoms with Crippen LogP contribution in [0.1, 0.15) is 36.2 Å². The lowest BCUT2D eigenvalue weighted by molar-refractivity contribution is 0.0593. The molecule has 1 N–H and O–H groups in total. The van der Waals surface area contributed by atoms with Gasteiger partial charge in [-0.3, -0.25) is 0 Å². The van der Waals surface area contributed by atoms with Crippen molar-refractivity contribution in [3.8, 4) is 0 Å². The normalized spacial score (nSPS) is 18.6. The van der Waals surface area contributed by atoms with E-state index in [1.807, 2.05) is 0 Å². The minimum Gasteiger partial charge on any atom is -0.464 e. The number of anilines is 1. The molecule has 0 aromatic carbocycles. The lowest BCUT2D eigenvalue weighted by Gasteiger charge is -2.25. The van der Waals surface area contributed by atoms with Gasteiger partial charge < -0.3 is 14.7 Å². The standard InChI is InChI=1S/C13H19N3O3/c1-19-13(18)11-8-15-12(9-14-11)16-6-2-4-10(16)5-3-7-17/h8-10,17H,2-7H2,1H3. The van der Waals surface area contributed by atoms with E-state index in [0.717, 1.165) is 38.0 Å². The Kier molecular flexibility index (Phi) is 4.68. The Morgan fingerprint density at radius 1 is 1.53 bits per heavy atom. The van der Waals surface area contributed by atoms with Crippen LogP contribution in [0.4, 0.5) is 5.82 Å². The summed E-state index contributed by atoms with van der Waals surface area (Å²) in [7, 11) is 1.32. The Bertz CT molecular complexity index is 422. The van der Waals surface area contributed by atoms with Gasteiger partial charge in [0, 0.05) is 19.2 Å². The molecule has 6 heteroatoms. The van der Waals surface area contributed by atoms with Gasteiger partial charge in [0.2, 0.25) is 0 Å². The number of nitrogens with zero attached hydrogens (tertiary/aromatic N) is 3. The summed E-state index contributed by atoms with van der Waals surface area (Å²) in [5.74, 6) is 0.311. The fraction of sp³-hybridized carbons (Fsp3) is 0.615. The first kappa shape index (κ1) is 13.7. The molecule has 0 aliphatic carbocycles. The molecule has 1 aliphatic rings. The van der Waals surface area contributed by atoms with Crippen molar-refractivity contribution in [3.05, 3.63) is 18.1 Å². The van der Waals surface area contributed by atoms with Crippen LogP contribution in [0.2, 0.25) is 0 Å². The molecule has 2 rings (SSSR count). The van der Waals surface area contributed by atoms with Crippen molar-refractivity contribution in [1.29, 1.82) is 0 Å². The van der Waals surface area contributed by atoms with E-state index >= 15 is 0 Å². The number of ether oxygens (including phenoxy) is 1. The number of esters is 1. The molecule has 1 aromatic rings. The molecule has 1 saturated heterocycles. The quantitative estimate of drug-likeness (QED) is 0.801. The molecule has 0 spiro atoms. The third kappa shape index (κ3) is 3.20. The van der Waals surface area contributed by atoms with E-state index < -0.39 is 5.97 Å². The van der Waals surface area contributed by atoms with Gasteiger partial charge in [-0.1, -0.05) is 0 Å². The Balaban J connectivity index is 2.06. The van der Waals surface area contributed by atoms with Gasteiger partial charge in [0.05, 0.1) is 19.5 Å². The van der Waals surface area contributed by atoms with Crippen LogP contribution >= 0.6 is 0 Å². The average molecular weight is 265 g/mol. The predicted molar refractivity (Wildman–Crippen MR) is 70.1 cm³/mol. The molecule has 0 saturated carbocycles. The highest BCUT2D eigenvalue weighted by Crippen LogP contribution is 2.25. The average Bonchev–Trinajstić information content (AvgIpc) is 2.92. The molecule has 1 aliphatic heterocycles. The van der Waals surface area contributed by atoms with Crippen LogP contribution in [0.25, 0.3) is 0 Å². The second kappa shape index (κ2) is 6.47. The molecule has 104 valence electrons. The van der Waals surface area contributed by atoms with Crippen LogP contribution in [0.3, 0.4) is 0 Å². The molecule has 0 radical (unpaired) electrons. The Morgan fingerprint density at radius 2 is 2.37 bits per heavy atom. The van der Waals surface area contributed by atoms with Crippen molar-refractivity contribution in [2.75, 3.05) is 25.2 Å². The van der Waals surface area contributed by atoms with E-state index in [9.17, 15) is 4.79 Å². The maximum absolute atomic E-state index is 11.3. The summed E-state index contributed by atoms with van der Waals surface area (Å²) in [4.78, 5) is 21.9. The maximum Gasteiger partial charge on any atom is 0.358 e. The summed E-state index contributed by atoms with van der Waals surface area (Å²) in [6.45, 7) is 1.17. The summed E-state index contributed by atoms with van der Waals surface area (Å²) in [6, 6.07) is 0.408. The van der Waals surface area contributed by atoms with Gasteiger partial charge in [-0.2, -0.15) is 0 Å². The topological polar surface area (TPSA) is 75.5 Å². The summed E-state index contributed by atoms with van der Waals surface area (Å²) >= 11 is 0. The minimum atomic E-state index is -0.475. The largest absolute Gasteiger partial charge is 0.464 e. The van der Waals surface area contributed by atoms with Gasteiger partial charge >= 0.3 is 5.97 Å². The van der Waals surface area contributed by atoms with Crippen LogP contribution in [-0.4, -0.2) is 47.3 Å². The number of aromatic nitrogens is 2. The molecular formula is C13H19N3O3. The Hall–Kier alpha value is -1.69. The van der Waals surface area contributed by atoms with Gasteiger partial charge in [-0.15, -0.1) is 0 Å². The monoisotopic (exact) mass is 265 g/mol. The molecule has 0 bridgehead atoms. The number of carbonyl (C=O) groups is 1.